The minimum Gasteiger partial charge on any atom is -0.506 e. The number of nitrogens with zero attached hydrogens (tertiary/aromatic N) is 4. The second-order valence-corrected chi connectivity index (χ2v) is 6.02. The van der Waals surface area contributed by atoms with Gasteiger partial charge in [0.05, 0.1) is 5.69 Å². The minimum atomic E-state index is 0.0766. The maximum Gasteiger partial charge on any atom is 0.234 e. The van der Waals surface area contributed by atoms with Gasteiger partial charge in [0.1, 0.15) is 10.8 Å². The van der Waals surface area contributed by atoms with Crippen molar-refractivity contribution >= 4 is 22.0 Å². The predicted molar refractivity (Wildman–Crippen MR) is 76.8 cm³/mol. The number of phenols is 1. The number of nitrogens with two attached hydrogens (primary N) is 1. The largest absolute Gasteiger partial charge is 0.506 e. The third-order valence-electron chi connectivity index (χ3n) is 3.76. The fourth-order valence-electron chi connectivity index (χ4n) is 2.35. The highest BCUT2D eigenvalue weighted by molar-refractivity contribution is 7.19. The van der Waals surface area contributed by atoms with Crippen molar-refractivity contribution in [2.45, 2.75) is 25.2 Å². The summed E-state index contributed by atoms with van der Waals surface area (Å²) in [4.78, 5) is 0.790. The van der Waals surface area contributed by atoms with Crippen molar-refractivity contribution in [3.05, 3.63) is 24.0 Å². The molecule has 3 aromatic rings. The Morgan fingerprint density at radius 1 is 1.30 bits per heavy atom. The van der Waals surface area contributed by atoms with Crippen molar-refractivity contribution in [2.24, 2.45) is 0 Å². The first kappa shape index (κ1) is 11.7. The normalized spacial score (nSPS) is 15.6. The lowest BCUT2D eigenvalue weighted by Crippen LogP contribution is -2.12. The van der Waals surface area contributed by atoms with Gasteiger partial charge in [-0.3, -0.25) is 0 Å². The van der Waals surface area contributed by atoms with Gasteiger partial charge in [0.15, 0.2) is 5.82 Å². The van der Waals surface area contributed by atoms with Crippen LogP contribution in [0.3, 0.4) is 0 Å². The number of anilines is 1. The molecule has 1 fully saturated rings. The van der Waals surface area contributed by atoms with Crippen LogP contribution in [0.5, 0.6) is 5.75 Å². The van der Waals surface area contributed by atoms with E-state index in [-0.39, 0.29) is 5.75 Å². The van der Waals surface area contributed by atoms with Gasteiger partial charge in [-0.25, -0.2) is 0 Å². The van der Waals surface area contributed by atoms with E-state index < -0.39 is 0 Å². The van der Waals surface area contributed by atoms with Gasteiger partial charge >= 0.3 is 0 Å². The van der Waals surface area contributed by atoms with Gasteiger partial charge in [0, 0.05) is 11.5 Å². The molecular formula is C13H13N5OS. The third kappa shape index (κ3) is 1.66. The average Bonchev–Trinajstić information content (AvgIpc) is 2.93. The van der Waals surface area contributed by atoms with Crippen molar-refractivity contribution < 1.29 is 5.11 Å². The Labute approximate surface area is 118 Å². The Hall–Kier alpha value is -2.15. The maximum atomic E-state index is 9.69. The SMILES string of the molecule is Nc1ccc(-c2nn3c(C4CCC4)nnc3s2)cc1O. The van der Waals surface area contributed by atoms with Crippen LogP contribution in [0.25, 0.3) is 15.5 Å². The van der Waals surface area contributed by atoms with Crippen LogP contribution in [0.2, 0.25) is 0 Å². The summed E-state index contributed by atoms with van der Waals surface area (Å²) in [5.74, 6) is 1.51. The Kier molecular flexibility index (Phi) is 2.43. The number of nitrogen functional groups attached to an aromatic ring is 1. The minimum absolute atomic E-state index is 0.0766. The second kappa shape index (κ2) is 4.17. The van der Waals surface area contributed by atoms with Crippen molar-refractivity contribution in [3.63, 3.8) is 0 Å². The quantitative estimate of drug-likeness (QED) is 0.558. The zero-order valence-corrected chi connectivity index (χ0v) is 11.5. The lowest BCUT2D eigenvalue weighted by Gasteiger charge is -2.22. The number of hydrogen-bond donors (Lipinski definition) is 2. The molecule has 7 heteroatoms. The number of benzene rings is 1. The van der Waals surface area contributed by atoms with Crippen LogP contribution in [0, 0.1) is 0 Å². The Balaban J connectivity index is 1.80. The van der Waals surface area contributed by atoms with Crippen molar-refractivity contribution in [1.82, 2.24) is 19.8 Å². The van der Waals surface area contributed by atoms with E-state index in [1.165, 1.54) is 17.8 Å². The number of rotatable bonds is 2. The highest BCUT2D eigenvalue weighted by Crippen LogP contribution is 2.37. The van der Waals surface area contributed by atoms with Crippen molar-refractivity contribution in [3.8, 4) is 16.3 Å². The van der Waals surface area contributed by atoms with Gasteiger partial charge in [-0.2, -0.15) is 9.61 Å². The average molecular weight is 287 g/mol. The molecule has 2 aromatic heterocycles. The smallest absolute Gasteiger partial charge is 0.234 e. The molecular weight excluding hydrogens is 274 g/mol. The highest BCUT2D eigenvalue weighted by Gasteiger charge is 2.26. The number of aromatic nitrogens is 4. The van der Waals surface area contributed by atoms with Gasteiger partial charge in [-0.1, -0.05) is 17.8 Å². The summed E-state index contributed by atoms with van der Waals surface area (Å²) in [6.07, 6.45) is 3.58. The topological polar surface area (TPSA) is 89.3 Å². The van der Waals surface area contributed by atoms with E-state index in [1.54, 1.807) is 12.1 Å². The molecule has 0 bridgehead atoms. The van der Waals surface area contributed by atoms with Crippen molar-refractivity contribution in [1.29, 1.82) is 0 Å². The molecule has 0 spiro atoms. The van der Waals surface area contributed by atoms with Crippen LogP contribution in [-0.4, -0.2) is 24.9 Å². The molecule has 2 heterocycles. The molecule has 0 amide bonds. The van der Waals surface area contributed by atoms with Crippen LogP contribution in [0.4, 0.5) is 5.69 Å². The molecule has 3 N–H and O–H groups in total. The van der Waals surface area contributed by atoms with Gasteiger partial charge in [-0.05, 0) is 31.0 Å². The molecule has 102 valence electrons. The number of phenolic OH excluding ortho intramolecular Hbond substituents is 1. The Morgan fingerprint density at radius 2 is 2.15 bits per heavy atom. The molecule has 6 nitrogen and oxygen atoms in total. The molecule has 0 unspecified atom stereocenters. The van der Waals surface area contributed by atoms with Gasteiger partial charge < -0.3 is 10.8 Å². The fraction of sp³-hybridized carbons (Fsp3) is 0.308. The number of hydrogen-bond acceptors (Lipinski definition) is 6. The fourth-order valence-corrected chi connectivity index (χ4v) is 3.19. The van der Waals surface area contributed by atoms with Crippen LogP contribution in [-0.2, 0) is 0 Å². The molecule has 0 saturated heterocycles. The first-order chi connectivity index (χ1) is 9.72. The Bertz CT molecular complexity index is 789. The lowest BCUT2D eigenvalue weighted by atomic mass is 9.85. The van der Waals surface area contributed by atoms with E-state index in [9.17, 15) is 5.11 Å². The summed E-state index contributed by atoms with van der Waals surface area (Å²) in [6, 6.07) is 5.16. The molecule has 1 aliphatic rings. The van der Waals surface area contributed by atoms with E-state index in [1.807, 2.05) is 10.6 Å². The Morgan fingerprint density at radius 3 is 2.85 bits per heavy atom. The summed E-state index contributed by atoms with van der Waals surface area (Å²) in [5.41, 5.74) is 6.82. The van der Waals surface area contributed by atoms with E-state index in [0.29, 0.717) is 11.6 Å². The number of fused-ring (bicyclic) bond motifs is 1. The van der Waals surface area contributed by atoms with E-state index in [4.69, 9.17) is 5.73 Å². The molecule has 0 atom stereocenters. The molecule has 1 aromatic carbocycles. The maximum absolute atomic E-state index is 9.69. The summed E-state index contributed by atoms with van der Waals surface area (Å²) in [7, 11) is 0. The molecule has 4 rings (SSSR count). The molecule has 0 radical (unpaired) electrons. The van der Waals surface area contributed by atoms with Gasteiger partial charge in [0.25, 0.3) is 0 Å². The molecule has 1 saturated carbocycles. The summed E-state index contributed by atoms with van der Waals surface area (Å²) in [5, 5.41) is 23.5. The zero-order valence-electron chi connectivity index (χ0n) is 10.7. The van der Waals surface area contributed by atoms with Crippen molar-refractivity contribution in [2.75, 3.05) is 5.73 Å². The molecule has 0 aliphatic heterocycles. The molecule has 1 aliphatic carbocycles. The lowest BCUT2D eigenvalue weighted by molar-refractivity contribution is 0.395. The summed E-state index contributed by atoms with van der Waals surface area (Å²) < 4.78 is 1.83. The zero-order chi connectivity index (χ0) is 13.7. The summed E-state index contributed by atoms with van der Waals surface area (Å²) >= 11 is 1.46. The van der Waals surface area contributed by atoms with E-state index in [2.05, 4.69) is 15.3 Å². The third-order valence-corrected chi connectivity index (χ3v) is 4.71. The van der Waals surface area contributed by atoms with Crippen LogP contribution < -0.4 is 5.73 Å². The van der Waals surface area contributed by atoms with Crippen LogP contribution >= 0.6 is 11.3 Å². The number of aromatic hydroxyl groups is 1. The molecule has 20 heavy (non-hydrogen) atoms. The summed E-state index contributed by atoms with van der Waals surface area (Å²) in [6.45, 7) is 0. The van der Waals surface area contributed by atoms with E-state index >= 15 is 0 Å². The standard InChI is InChI=1S/C13H13N5OS/c14-9-5-4-8(6-10(9)19)12-17-18-11(7-2-1-3-7)15-16-13(18)20-12/h4-7,19H,1-3,14H2. The van der Waals surface area contributed by atoms with Crippen LogP contribution in [0.1, 0.15) is 31.0 Å². The predicted octanol–water partition coefficient (Wildman–Crippen LogP) is 2.41. The first-order valence-electron chi connectivity index (χ1n) is 6.53. The monoisotopic (exact) mass is 287 g/mol. The first-order valence-corrected chi connectivity index (χ1v) is 7.35. The van der Waals surface area contributed by atoms with Gasteiger partial charge in [0.2, 0.25) is 4.96 Å². The van der Waals surface area contributed by atoms with Gasteiger partial charge in [-0.15, -0.1) is 10.2 Å². The van der Waals surface area contributed by atoms with E-state index in [0.717, 1.165) is 34.2 Å². The van der Waals surface area contributed by atoms with Crippen LogP contribution in [0.15, 0.2) is 18.2 Å². The second-order valence-electron chi connectivity index (χ2n) is 5.06. The highest BCUT2D eigenvalue weighted by atomic mass is 32.1.